The van der Waals surface area contributed by atoms with Crippen LogP contribution in [0.15, 0.2) is 54.6 Å². The highest BCUT2D eigenvalue weighted by atomic mass is 35.5. The Kier molecular flexibility index (Phi) is 4.86. The summed E-state index contributed by atoms with van der Waals surface area (Å²) in [6.07, 6.45) is 0.231. The number of benzene rings is 2. The van der Waals surface area contributed by atoms with Crippen molar-refractivity contribution in [1.82, 2.24) is 4.90 Å². The number of aliphatic carboxylic acids is 1. The van der Waals surface area contributed by atoms with Crippen LogP contribution in [0.25, 0.3) is 0 Å². The first kappa shape index (κ1) is 16.5. The molecule has 0 bridgehead atoms. The number of amides is 1. The minimum absolute atomic E-state index is 0.0676. The van der Waals surface area contributed by atoms with E-state index in [2.05, 4.69) is 0 Å². The van der Waals surface area contributed by atoms with Gasteiger partial charge in [-0.1, -0.05) is 54.1 Å². The van der Waals surface area contributed by atoms with Gasteiger partial charge in [-0.05, 0) is 23.3 Å². The number of carbonyl (C=O) groups is 2. The molecular formula is C19H18ClNO3. The molecule has 1 aliphatic heterocycles. The summed E-state index contributed by atoms with van der Waals surface area (Å²) in [6, 6.07) is 16.7. The summed E-state index contributed by atoms with van der Waals surface area (Å²) in [6.45, 7) is 0.675. The lowest BCUT2D eigenvalue weighted by atomic mass is 9.89. The second-order valence-corrected chi connectivity index (χ2v) is 6.50. The maximum Gasteiger partial charge on any atom is 0.308 e. The zero-order valence-electron chi connectivity index (χ0n) is 13.1. The van der Waals surface area contributed by atoms with Gasteiger partial charge < -0.3 is 10.0 Å². The van der Waals surface area contributed by atoms with E-state index in [-0.39, 0.29) is 24.8 Å². The number of nitrogens with zero attached hydrogens (tertiary/aromatic N) is 1. The number of carbonyl (C=O) groups excluding carboxylic acids is 1. The number of rotatable bonds is 4. The molecule has 2 unspecified atom stereocenters. The fraction of sp³-hybridized carbons (Fsp3) is 0.263. The number of halogens is 1. The molecule has 1 heterocycles. The van der Waals surface area contributed by atoms with Gasteiger partial charge >= 0.3 is 5.97 Å². The van der Waals surface area contributed by atoms with Crippen LogP contribution in [-0.2, 0) is 16.0 Å². The van der Waals surface area contributed by atoms with Gasteiger partial charge in [0, 0.05) is 24.0 Å². The zero-order valence-corrected chi connectivity index (χ0v) is 13.8. The third-order valence-electron chi connectivity index (χ3n) is 4.46. The van der Waals surface area contributed by atoms with Crippen molar-refractivity contribution in [3.8, 4) is 0 Å². The van der Waals surface area contributed by atoms with Crippen molar-refractivity contribution < 1.29 is 14.7 Å². The summed E-state index contributed by atoms with van der Waals surface area (Å²) in [7, 11) is 0. The molecule has 1 saturated heterocycles. The van der Waals surface area contributed by atoms with Crippen molar-refractivity contribution in [3.05, 3.63) is 70.7 Å². The predicted molar refractivity (Wildman–Crippen MR) is 92.0 cm³/mol. The Labute approximate surface area is 145 Å². The molecule has 0 aromatic heterocycles. The highest BCUT2D eigenvalue weighted by Gasteiger charge is 2.40. The van der Waals surface area contributed by atoms with Gasteiger partial charge in [-0.3, -0.25) is 9.59 Å². The maximum atomic E-state index is 12.6. The van der Waals surface area contributed by atoms with Gasteiger partial charge in [0.2, 0.25) is 5.91 Å². The first-order valence-corrected chi connectivity index (χ1v) is 8.22. The first-order valence-electron chi connectivity index (χ1n) is 7.84. The summed E-state index contributed by atoms with van der Waals surface area (Å²) in [5, 5.41) is 10.1. The highest BCUT2D eigenvalue weighted by molar-refractivity contribution is 6.30. The van der Waals surface area contributed by atoms with Crippen molar-refractivity contribution in [2.45, 2.75) is 12.3 Å². The number of carboxylic acid groups (broad SMARTS) is 1. The SMILES string of the molecule is O=C(O)C1CN(C(=O)Cc2cccc(Cl)c2)CC1c1ccccc1. The minimum Gasteiger partial charge on any atom is -0.481 e. The lowest BCUT2D eigenvalue weighted by molar-refractivity contribution is -0.141. The van der Waals surface area contributed by atoms with Crippen molar-refractivity contribution in [1.29, 1.82) is 0 Å². The molecule has 2 aromatic rings. The smallest absolute Gasteiger partial charge is 0.308 e. The third-order valence-corrected chi connectivity index (χ3v) is 4.70. The summed E-state index contributed by atoms with van der Waals surface area (Å²) >= 11 is 5.95. The van der Waals surface area contributed by atoms with Crippen molar-refractivity contribution in [2.24, 2.45) is 5.92 Å². The van der Waals surface area contributed by atoms with Crippen molar-refractivity contribution >= 4 is 23.5 Å². The fourth-order valence-corrected chi connectivity index (χ4v) is 3.44. The van der Waals surface area contributed by atoms with Crippen LogP contribution in [-0.4, -0.2) is 35.0 Å². The normalized spacial score (nSPS) is 20.1. The maximum absolute atomic E-state index is 12.6. The Morgan fingerprint density at radius 3 is 2.50 bits per heavy atom. The Morgan fingerprint density at radius 2 is 1.83 bits per heavy atom. The second kappa shape index (κ2) is 7.05. The number of likely N-dealkylation sites (tertiary alicyclic amines) is 1. The van der Waals surface area contributed by atoms with E-state index < -0.39 is 11.9 Å². The Balaban J connectivity index is 1.75. The molecule has 4 nitrogen and oxygen atoms in total. The average Bonchev–Trinajstić information content (AvgIpc) is 3.01. The Bertz CT molecular complexity index is 747. The number of hydrogen-bond donors (Lipinski definition) is 1. The quantitative estimate of drug-likeness (QED) is 0.927. The predicted octanol–water partition coefficient (Wildman–Crippen LogP) is 3.21. The molecular weight excluding hydrogens is 326 g/mol. The van der Waals surface area contributed by atoms with Gasteiger partial charge in [0.25, 0.3) is 0 Å². The van der Waals surface area contributed by atoms with E-state index in [9.17, 15) is 14.7 Å². The molecule has 0 spiro atoms. The topological polar surface area (TPSA) is 57.6 Å². The molecule has 1 aliphatic rings. The molecule has 2 aromatic carbocycles. The first-order chi connectivity index (χ1) is 11.5. The largest absolute Gasteiger partial charge is 0.481 e. The van der Waals surface area contributed by atoms with E-state index in [1.54, 1.807) is 17.0 Å². The minimum atomic E-state index is -0.859. The molecule has 2 atom stereocenters. The van der Waals surface area contributed by atoms with Crippen molar-refractivity contribution in [3.63, 3.8) is 0 Å². The van der Waals surface area contributed by atoms with E-state index >= 15 is 0 Å². The van der Waals surface area contributed by atoms with Crippen LogP contribution >= 0.6 is 11.6 Å². The number of carboxylic acids is 1. The lowest BCUT2D eigenvalue weighted by Gasteiger charge is -2.16. The molecule has 5 heteroatoms. The molecule has 1 amide bonds. The van der Waals surface area contributed by atoms with Gasteiger partial charge in [-0.25, -0.2) is 0 Å². The van der Waals surface area contributed by atoms with Gasteiger partial charge in [0.05, 0.1) is 12.3 Å². The van der Waals surface area contributed by atoms with Crippen LogP contribution in [0, 0.1) is 5.92 Å². The van der Waals surface area contributed by atoms with Crippen LogP contribution in [0.3, 0.4) is 0 Å². The third kappa shape index (κ3) is 3.60. The number of hydrogen-bond acceptors (Lipinski definition) is 2. The summed E-state index contributed by atoms with van der Waals surface area (Å²) in [4.78, 5) is 25.8. The van der Waals surface area contributed by atoms with Gasteiger partial charge in [-0.2, -0.15) is 0 Å². The van der Waals surface area contributed by atoms with E-state index in [0.29, 0.717) is 11.6 Å². The second-order valence-electron chi connectivity index (χ2n) is 6.07. The molecule has 24 heavy (non-hydrogen) atoms. The molecule has 124 valence electrons. The van der Waals surface area contributed by atoms with Gasteiger partial charge in [-0.15, -0.1) is 0 Å². The monoisotopic (exact) mass is 343 g/mol. The summed E-state index contributed by atoms with van der Waals surface area (Å²) in [5.41, 5.74) is 1.80. The standard InChI is InChI=1S/C19H18ClNO3/c20-15-8-4-5-13(9-15)10-18(22)21-11-16(17(12-21)19(23)24)14-6-2-1-3-7-14/h1-9,16-17H,10-12H2,(H,23,24). The summed E-state index contributed by atoms with van der Waals surface area (Å²) in [5.74, 6) is -1.67. The molecule has 1 N–H and O–H groups in total. The van der Waals surface area contributed by atoms with Crippen LogP contribution < -0.4 is 0 Å². The van der Waals surface area contributed by atoms with Crippen LogP contribution in [0.2, 0.25) is 5.02 Å². The molecule has 0 aliphatic carbocycles. The Hall–Kier alpha value is -2.33. The van der Waals surface area contributed by atoms with Crippen LogP contribution in [0.4, 0.5) is 0 Å². The molecule has 0 radical (unpaired) electrons. The Morgan fingerprint density at radius 1 is 1.08 bits per heavy atom. The van der Waals surface area contributed by atoms with Gasteiger partial charge in [0.1, 0.15) is 0 Å². The summed E-state index contributed by atoms with van der Waals surface area (Å²) < 4.78 is 0. The molecule has 0 saturated carbocycles. The van der Waals surface area contributed by atoms with Crippen LogP contribution in [0.5, 0.6) is 0 Å². The van der Waals surface area contributed by atoms with E-state index in [4.69, 9.17) is 11.6 Å². The van der Waals surface area contributed by atoms with E-state index in [1.165, 1.54) is 0 Å². The average molecular weight is 344 g/mol. The van der Waals surface area contributed by atoms with Gasteiger partial charge in [0.15, 0.2) is 0 Å². The van der Waals surface area contributed by atoms with Crippen LogP contribution in [0.1, 0.15) is 17.0 Å². The molecule has 1 fully saturated rings. The zero-order chi connectivity index (χ0) is 17.1. The molecule has 3 rings (SSSR count). The fourth-order valence-electron chi connectivity index (χ4n) is 3.23. The van der Waals surface area contributed by atoms with E-state index in [1.807, 2.05) is 42.5 Å². The van der Waals surface area contributed by atoms with Crippen molar-refractivity contribution in [2.75, 3.05) is 13.1 Å². The highest BCUT2D eigenvalue weighted by Crippen LogP contribution is 2.33. The van der Waals surface area contributed by atoms with E-state index in [0.717, 1.165) is 11.1 Å². The lowest BCUT2D eigenvalue weighted by Crippen LogP contribution is -2.31.